The Balaban J connectivity index is 1.40. The van der Waals surface area contributed by atoms with E-state index >= 15 is 0 Å². The number of methoxy groups -OCH3 is 1. The van der Waals surface area contributed by atoms with Gasteiger partial charge in [-0.25, -0.2) is 14.6 Å². The number of carbonyl (C=O) groups excluding carboxylic acids is 1. The third kappa shape index (κ3) is 3.49. The summed E-state index contributed by atoms with van der Waals surface area (Å²) in [6, 6.07) is 6.26. The molecule has 1 atom stereocenters. The average molecular weight is 446 g/mol. The van der Waals surface area contributed by atoms with Crippen molar-refractivity contribution >= 4 is 5.91 Å². The zero-order valence-corrected chi connectivity index (χ0v) is 19.0. The van der Waals surface area contributed by atoms with Gasteiger partial charge in [0.1, 0.15) is 5.75 Å². The summed E-state index contributed by atoms with van der Waals surface area (Å²) < 4.78 is 12.7. The van der Waals surface area contributed by atoms with Crippen molar-refractivity contribution in [3.8, 4) is 23.0 Å². The minimum Gasteiger partial charge on any atom is -0.497 e. The second kappa shape index (κ2) is 7.95. The molecule has 0 N–H and O–H groups in total. The number of fused-ring (bicyclic) bond motifs is 3. The molecule has 1 aromatic carbocycles. The molecular formula is C25H27N5O3. The summed E-state index contributed by atoms with van der Waals surface area (Å²) in [7, 11) is 3.53. The lowest BCUT2D eigenvalue weighted by atomic mass is 9.90. The fraction of sp³-hybridized carbons (Fsp3) is 0.440. The van der Waals surface area contributed by atoms with Gasteiger partial charge in [0.2, 0.25) is 0 Å². The van der Waals surface area contributed by atoms with Crippen LogP contribution in [-0.4, -0.2) is 64.0 Å². The van der Waals surface area contributed by atoms with Crippen LogP contribution >= 0.6 is 0 Å². The average Bonchev–Trinajstić information content (AvgIpc) is 3.36. The summed E-state index contributed by atoms with van der Waals surface area (Å²) in [5, 5.41) is 4.60. The van der Waals surface area contributed by atoms with Crippen molar-refractivity contribution in [2.24, 2.45) is 0 Å². The summed E-state index contributed by atoms with van der Waals surface area (Å²) in [5.41, 5.74) is 5.95. The molecule has 8 heteroatoms. The first kappa shape index (κ1) is 20.4. The second-order valence-corrected chi connectivity index (χ2v) is 9.13. The zero-order chi connectivity index (χ0) is 22.5. The molecule has 2 aromatic heterocycles. The van der Waals surface area contributed by atoms with E-state index in [0.717, 1.165) is 60.4 Å². The third-order valence-corrected chi connectivity index (χ3v) is 7.05. The van der Waals surface area contributed by atoms with Gasteiger partial charge >= 0.3 is 0 Å². The van der Waals surface area contributed by atoms with Crippen LogP contribution < -0.4 is 4.74 Å². The van der Waals surface area contributed by atoms with Gasteiger partial charge in [0, 0.05) is 31.3 Å². The molecule has 0 bridgehead atoms. The number of rotatable bonds is 5. The molecular weight excluding hydrogens is 418 g/mol. The normalized spacial score (nSPS) is 19.2. The Bertz CT molecular complexity index is 1230. The monoisotopic (exact) mass is 445 g/mol. The number of aryl methyl sites for hydroxylation is 2. The van der Waals surface area contributed by atoms with Gasteiger partial charge in [0.25, 0.3) is 11.9 Å². The van der Waals surface area contributed by atoms with Crippen molar-refractivity contribution in [1.82, 2.24) is 24.6 Å². The molecule has 170 valence electrons. The maximum absolute atomic E-state index is 13.4. The number of likely N-dealkylation sites (N-methyl/N-ethyl adjacent to an activating group) is 1. The number of hydrogen-bond donors (Lipinski definition) is 0. The van der Waals surface area contributed by atoms with Crippen LogP contribution in [0.15, 0.2) is 30.6 Å². The van der Waals surface area contributed by atoms with Crippen LogP contribution in [-0.2, 0) is 17.6 Å². The Hall–Kier alpha value is -3.26. The van der Waals surface area contributed by atoms with Crippen molar-refractivity contribution in [3.05, 3.63) is 53.0 Å². The SMILES string of the molecule is COc1ccc2c(c1)-c1nc(-n3ncc(C(=O)N(C)[C@H]4CCOC4)c3C3CC3)ncc1CC2. The van der Waals surface area contributed by atoms with Gasteiger partial charge in [-0.2, -0.15) is 5.10 Å². The molecule has 0 radical (unpaired) electrons. The van der Waals surface area contributed by atoms with Crippen LogP contribution in [0.5, 0.6) is 5.75 Å². The molecule has 3 aliphatic rings. The van der Waals surface area contributed by atoms with E-state index in [2.05, 4.69) is 16.1 Å². The maximum atomic E-state index is 13.4. The van der Waals surface area contributed by atoms with E-state index in [1.165, 1.54) is 5.56 Å². The fourth-order valence-electron chi connectivity index (χ4n) is 4.92. The zero-order valence-electron chi connectivity index (χ0n) is 19.0. The topological polar surface area (TPSA) is 82.4 Å². The number of nitrogens with zero attached hydrogens (tertiary/aromatic N) is 5. The first-order chi connectivity index (χ1) is 16.1. The highest BCUT2D eigenvalue weighted by atomic mass is 16.5. The van der Waals surface area contributed by atoms with Crippen molar-refractivity contribution in [3.63, 3.8) is 0 Å². The third-order valence-electron chi connectivity index (χ3n) is 7.05. The molecule has 1 saturated carbocycles. The summed E-state index contributed by atoms with van der Waals surface area (Å²) in [6.45, 7) is 1.29. The Labute approximate surface area is 192 Å². The van der Waals surface area contributed by atoms with Crippen LogP contribution in [0.4, 0.5) is 0 Å². The van der Waals surface area contributed by atoms with Crippen molar-refractivity contribution in [2.45, 2.75) is 44.1 Å². The van der Waals surface area contributed by atoms with E-state index in [-0.39, 0.29) is 11.9 Å². The lowest BCUT2D eigenvalue weighted by Crippen LogP contribution is -2.37. The van der Waals surface area contributed by atoms with Gasteiger partial charge in [0.15, 0.2) is 0 Å². The van der Waals surface area contributed by atoms with Crippen LogP contribution in [0.1, 0.15) is 52.4 Å². The number of carbonyl (C=O) groups is 1. The van der Waals surface area contributed by atoms with Crippen LogP contribution in [0.25, 0.3) is 17.2 Å². The van der Waals surface area contributed by atoms with Gasteiger partial charge in [-0.05, 0) is 55.4 Å². The molecule has 3 aromatic rings. The maximum Gasteiger partial charge on any atom is 0.257 e. The van der Waals surface area contributed by atoms with Gasteiger partial charge in [-0.15, -0.1) is 0 Å². The molecule has 2 fully saturated rings. The molecule has 1 amide bonds. The minimum absolute atomic E-state index is 0.00769. The number of aromatic nitrogens is 4. The Kier molecular flexibility index (Phi) is 4.90. The van der Waals surface area contributed by atoms with Gasteiger partial charge in [-0.1, -0.05) is 6.07 Å². The van der Waals surface area contributed by atoms with Gasteiger partial charge in [-0.3, -0.25) is 4.79 Å². The van der Waals surface area contributed by atoms with E-state index in [4.69, 9.17) is 14.5 Å². The van der Waals surface area contributed by atoms with E-state index in [1.54, 1.807) is 22.9 Å². The first-order valence-electron chi connectivity index (χ1n) is 11.6. The van der Waals surface area contributed by atoms with Crippen LogP contribution in [0, 0.1) is 0 Å². The quantitative estimate of drug-likeness (QED) is 0.600. The Morgan fingerprint density at radius 1 is 1.18 bits per heavy atom. The van der Waals surface area contributed by atoms with Crippen LogP contribution in [0.2, 0.25) is 0 Å². The number of benzene rings is 1. The standard InChI is InChI=1S/C25H27N5O3/c1-29(18-9-10-33-14-18)24(31)21-13-27-30(23(21)16-4-5-16)25-26-12-17-6-3-15-7-8-19(32-2)11-20(15)22(17)28-25/h7-8,11-13,16,18H,3-6,9-10,14H2,1-2H3/t18-/m0/s1. The largest absolute Gasteiger partial charge is 0.497 e. The first-order valence-corrected chi connectivity index (χ1v) is 11.6. The summed E-state index contributed by atoms with van der Waals surface area (Å²) in [5.74, 6) is 1.63. The molecule has 0 unspecified atom stereocenters. The summed E-state index contributed by atoms with van der Waals surface area (Å²) in [6.07, 6.45) is 8.41. The summed E-state index contributed by atoms with van der Waals surface area (Å²) >= 11 is 0. The number of ether oxygens (including phenoxy) is 2. The fourth-order valence-corrected chi connectivity index (χ4v) is 4.92. The molecule has 6 rings (SSSR count). The molecule has 1 aliphatic heterocycles. The Morgan fingerprint density at radius 3 is 2.79 bits per heavy atom. The molecule has 0 spiro atoms. The van der Waals surface area contributed by atoms with Crippen LogP contribution in [0.3, 0.4) is 0 Å². The molecule has 3 heterocycles. The predicted molar refractivity (Wildman–Crippen MR) is 122 cm³/mol. The highest BCUT2D eigenvalue weighted by Gasteiger charge is 2.36. The van der Waals surface area contributed by atoms with Crippen molar-refractivity contribution < 1.29 is 14.3 Å². The van der Waals surface area contributed by atoms with Crippen molar-refractivity contribution in [2.75, 3.05) is 27.4 Å². The minimum atomic E-state index is -0.00769. The molecule has 2 aliphatic carbocycles. The molecule has 8 nitrogen and oxygen atoms in total. The van der Waals surface area contributed by atoms with Crippen molar-refractivity contribution in [1.29, 1.82) is 0 Å². The molecule has 33 heavy (non-hydrogen) atoms. The lowest BCUT2D eigenvalue weighted by molar-refractivity contribution is 0.0710. The smallest absolute Gasteiger partial charge is 0.257 e. The number of amides is 1. The highest BCUT2D eigenvalue weighted by molar-refractivity contribution is 5.95. The Morgan fingerprint density at radius 2 is 2.03 bits per heavy atom. The predicted octanol–water partition coefficient (Wildman–Crippen LogP) is 3.17. The molecule has 1 saturated heterocycles. The summed E-state index contributed by atoms with van der Waals surface area (Å²) in [4.78, 5) is 24.8. The van der Waals surface area contributed by atoms with Gasteiger partial charge in [0.05, 0.1) is 42.9 Å². The van der Waals surface area contributed by atoms with Gasteiger partial charge < -0.3 is 14.4 Å². The second-order valence-electron chi connectivity index (χ2n) is 9.13. The van der Waals surface area contributed by atoms with E-state index < -0.39 is 0 Å². The van der Waals surface area contributed by atoms with E-state index in [9.17, 15) is 4.79 Å². The highest BCUT2D eigenvalue weighted by Crippen LogP contribution is 2.43. The lowest BCUT2D eigenvalue weighted by Gasteiger charge is -2.23. The van der Waals surface area contributed by atoms with E-state index in [1.807, 2.05) is 25.4 Å². The number of hydrogen-bond acceptors (Lipinski definition) is 6. The van der Waals surface area contributed by atoms with E-state index in [0.29, 0.717) is 30.6 Å².